The lowest BCUT2D eigenvalue weighted by Gasteiger charge is -2.31. The zero-order valence-corrected chi connectivity index (χ0v) is 18.1. The van der Waals surface area contributed by atoms with E-state index in [4.69, 9.17) is 4.74 Å². The second kappa shape index (κ2) is 8.39. The molecule has 166 valence electrons. The van der Waals surface area contributed by atoms with Crippen molar-refractivity contribution in [3.05, 3.63) is 42.5 Å². The summed E-state index contributed by atoms with van der Waals surface area (Å²) in [5.74, 6) is -0.186. The Morgan fingerprint density at radius 1 is 1.19 bits per heavy atom. The van der Waals surface area contributed by atoms with E-state index in [0.717, 1.165) is 12.4 Å². The molecule has 0 N–H and O–H groups in total. The van der Waals surface area contributed by atoms with Crippen LogP contribution in [0.2, 0.25) is 0 Å². The summed E-state index contributed by atoms with van der Waals surface area (Å²) >= 11 is 0. The average molecular weight is 450 g/mol. The Bertz CT molecular complexity index is 1060. The Labute approximate surface area is 180 Å². The Morgan fingerprint density at radius 2 is 1.87 bits per heavy atom. The molecule has 1 aromatic heterocycles. The van der Waals surface area contributed by atoms with E-state index in [1.165, 1.54) is 15.3 Å². The van der Waals surface area contributed by atoms with Crippen molar-refractivity contribution in [2.45, 2.75) is 29.9 Å². The van der Waals surface area contributed by atoms with Crippen LogP contribution in [0.1, 0.15) is 12.8 Å². The fourth-order valence-electron chi connectivity index (χ4n) is 3.90. The highest BCUT2D eigenvalue weighted by atomic mass is 32.2. The van der Waals surface area contributed by atoms with Crippen LogP contribution in [0, 0.1) is 5.82 Å². The van der Waals surface area contributed by atoms with Crippen LogP contribution >= 0.6 is 0 Å². The molecule has 9 nitrogen and oxygen atoms in total. The van der Waals surface area contributed by atoms with Gasteiger partial charge in [-0.05, 0) is 18.6 Å². The number of halogens is 1. The maximum Gasteiger partial charge on any atom is 0.247 e. The first-order chi connectivity index (χ1) is 14.8. The number of carbonyl (C=O) groups is 1. The van der Waals surface area contributed by atoms with Crippen LogP contribution in [-0.2, 0) is 14.8 Å². The van der Waals surface area contributed by atoms with E-state index in [2.05, 4.69) is 9.97 Å². The number of fused-ring (bicyclic) bond motifs is 2. The first-order valence-electron chi connectivity index (χ1n) is 9.97. The van der Waals surface area contributed by atoms with Crippen molar-refractivity contribution in [1.82, 2.24) is 19.2 Å². The number of rotatable bonds is 3. The van der Waals surface area contributed by atoms with Gasteiger partial charge in [-0.1, -0.05) is 12.1 Å². The summed E-state index contributed by atoms with van der Waals surface area (Å²) in [4.78, 5) is 23.9. The van der Waals surface area contributed by atoms with E-state index in [-0.39, 0.29) is 23.1 Å². The fraction of sp³-hybridized carbons (Fsp3) is 0.450. The first-order valence-corrected chi connectivity index (χ1v) is 11.4. The zero-order chi connectivity index (χ0) is 22.2. The summed E-state index contributed by atoms with van der Waals surface area (Å²) in [6, 6.07) is 5.95. The molecule has 3 heterocycles. The largest absolute Gasteiger partial charge is 0.487 e. The van der Waals surface area contributed by atoms with E-state index in [1.54, 1.807) is 32.3 Å². The van der Waals surface area contributed by atoms with Crippen molar-refractivity contribution >= 4 is 21.9 Å². The van der Waals surface area contributed by atoms with Crippen LogP contribution in [0.3, 0.4) is 0 Å². The molecule has 2 aromatic rings. The summed E-state index contributed by atoms with van der Waals surface area (Å²) in [7, 11) is -0.775. The Hall–Kier alpha value is -2.79. The molecule has 0 bridgehead atoms. The standard InChI is InChI=1S/C20H24FN5O4S/c1-24(2)19(27)13-26-15-7-9-25(20-22-11-14(21)12-23-20)10-8-16(15)30-17-5-3-4-6-18(17)31(26,28)29/h3-6,11-12,15-16H,7-10,13H2,1-2H3/t15-,16-/m0/s1. The van der Waals surface area contributed by atoms with Crippen molar-refractivity contribution in [3.63, 3.8) is 0 Å². The SMILES string of the molecule is CN(C)C(=O)CN1[C@H]2CCN(c3ncc(F)cn3)CC[C@@H]2Oc2ccccc2S1(=O)=O. The topological polar surface area (TPSA) is 95.9 Å². The second-order valence-electron chi connectivity index (χ2n) is 7.77. The van der Waals surface area contributed by atoms with Gasteiger partial charge in [0.15, 0.2) is 5.82 Å². The second-order valence-corrected chi connectivity index (χ2v) is 9.63. The number of anilines is 1. The summed E-state index contributed by atoms with van der Waals surface area (Å²) in [6.07, 6.45) is 2.63. The molecular weight excluding hydrogens is 425 g/mol. The molecule has 31 heavy (non-hydrogen) atoms. The quantitative estimate of drug-likeness (QED) is 0.693. The zero-order valence-electron chi connectivity index (χ0n) is 17.3. The maximum absolute atomic E-state index is 13.5. The molecule has 2 aliphatic rings. The molecular formula is C20H24FN5O4S. The molecule has 1 amide bonds. The molecule has 11 heteroatoms. The van der Waals surface area contributed by atoms with Gasteiger partial charge in [0.25, 0.3) is 0 Å². The Balaban J connectivity index is 1.70. The number of benzene rings is 1. The van der Waals surface area contributed by atoms with Gasteiger partial charge in [0.05, 0.1) is 25.0 Å². The minimum Gasteiger partial charge on any atom is -0.487 e. The van der Waals surface area contributed by atoms with Gasteiger partial charge in [-0.2, -0.15) is 4.31 Å². The molecule has 0 unspecified atom stereocenters. The smallest absolute Gasteiger partial charge is 0.247 e. The molecule has 1 fully saturated rings. The summed E-state index contributed by atoms with van der Waals surface area (Å²) in [6.45, 7) is 0.667. The lowest BCUT2D eigenvalue weighted by Crippen LogP contribution is -2.50. The van der Waals surface area contributed by atoms with Gasteiger partial charge in [0.2, 0.25) is 21.9 Å². The molecule has 2 aliphatic heterocycles. The molecule has 1 saturated heterocycles. The molecule has 0 radical (unpaired) electrons. The van der Waals surface area contributed by atoms with Gasteiger partial charge in [-0.3, -0.25) is 4.79 Å². The van der Waals surface area contributed by atoms with E-state index < -0.39 is 28.0 Å². The number of amides is 1. The number of sulfonamides is 1. The summed E-state index contributed by atoms with van der Waals surface area (Å²) < 4.78 is 47.7. The fourth-order valence-corrected chi connectivity index (χ4v) is 5.65. The molecule has 0 aliphatic carbocycles. The normalized spacial score (nSPS) is 23.0. The lowest BCUT2D eigenvalue weighted by molar-refractivity contribution is -0.129. The highest BCUT2D eigenvalue weighted by molar-refractivity contribution is 7.89. The van der Waals surface area contributed by atoms with E-state index >= 15 is 0 Å². The predicted molar refractivity (Wildman–Crippen MR) is 111 cm³/mol. The van der Waals surface area contributed by atoms with Gasteiger partial charge < -0.3 is 14.5 Å². The van der Waals surface area contributed by atoms with Gasteiger partial charge in [0, 0.05) is 33.6 Å². The third-order valence-corrected chi connectivity index (χ3v) is 7.48. The van der Waals surface area contributed by atoms with Gasteiger partial charge in [-0.15, -0.1) is 0 Å². The summed E-state index contributed by atoms with van der Waals surface area (Å²) in [5, 5.41) is 0. The van der Waals surface area contributed by atoms with Gasteiger partial charge >= 0.3 is 0 Å². The number of carbonyl (C=O) groups excluding carboxylic acids is 1. The first kappa shape index (κ1) is 21.4. The summed E-state index contributed by atoms with van der Waals surface area (Å²) in [5.41, 5.74) is 0. The van der Waals surface area contributed by atoms with Crippen molar-refractivity contribution in [1.29, 1.82) is 0 Å². The van der Waals surface area contributed by atoms with Crippen molar-refractivity contribution in [2.24, 2.45) is 0 Å². The maximum atomic E-state index is 13.5. The van der Waals surface area contributed by atoms with E-state index in [9.17, 15) is 17.6 Å². The number of ether oxygens (including phenoxy) is 1. The number of aromatic nitrogens is 2. The minimum atomic E-state index is -3.96. The van der Waals surface area contributed by atoms with E-state index in [0.29, 0.717) is 31.9 Å². The van der Waals surface area contributed by atoms with Crippen LogP contribution in [0.15, 0.2) is 41.6 Å². The van der Waals surface area contributed by atoms with Crippen LogP contribution in [0.25, 0.3) is 0 Å². The highest BCUT2D eigenvalue weighted by Crippen LogP contribution is 2.36. The third-order valence-electron chi connectivity index (χ3n) is 5.57. The Kier molecular flexibility index (Phi) is 5.80. The molecule has 0 spiro atoms. The highest BCUT2D eigenvalue weighted by Gasteiger charge is 2.44. The van der Waals surface area contributed by atoms with Crippen molar-refractivity contribution < 1.29 is 22.3 Å². The predicted octanol–water partition coefficient (Wildman–Crippen LogP) is 1.12. The van der Waals surface area contributed by atoms with Crippen LogP contribution < -0.4 is 9.64 Å². The van der Waals surface area contributed by atoms with Crippen molar-refractivity contribution in [3.8, 4) is 5.75 Å². The Morgan fingerprint density at radius 3 is 2.58 bits per heavy atom. The number of para-hydroxylation sites is 1. The van der Waals surface area contributed by atoms with Crippen LogP contribution in [0.5, 0.6) is 5.75 Å². The molecule has 2 atom stereocenters. The number of hydrogen-bond acceptors (Lipinski definition) is 7. The van der Waals surface area contributed by atoms with Gasteiger partial charge in [-0.25, -0.2) is 22.8 Å². The minimum absolute atomic E-state index is 0.0633. The number of hydrogen-bond donors (Lipinski definition) is 0. The van der Waals surface area contributed by atoms with Crippen LogP contribution in [0.4, 0.5) is 10.3 Å². The average Bonchev–Trinajstić information content (AvgIpc) is 2.99. The monoisotopic (exact) mass is 449 g/mol. The van der Waals surface area contributed by atoms with E-state index in [1.807, 2.05) is 4.90 Å². The molecule has 0 saturated carbocycles. The number of nitrogens with zero attached hydrogens (tertiary/aromatic N) is 5. The van der Waals surface area contributed by atoms with Crippen LogP contribution in [-0.4, -0.2) is 79.4 Å². The van der Waals surface area contributed by atoms with Crippen molar-refractivity contribution in [2.75, 3.05) is 38.6 Å². The number of likely N-dealkylation sites (N-methyl/N-ethyl adjacent to an activating group) is 1. The third kappa shape index (κ3) is 4.19. The molecule has 1 aromatic carbocycles. The lowest BCUT2D eigenvalue weighted by atomic mass is 10.1. The van der Waals surface area contributed by atoms with Gasteiger partial charge in [0.1, 0.15) is 16.7 Å². The molecule has 4 rings (SSSR count).